The number of morpholine rings is 1. The molecular weight excluding hydrogens is 221 g/mol. The molecule has 1 aliphatic rings. The van der Waals surface area contributed by atoms with E-state index in [0.717, 1.165) is 0 Å². The van der Waals surface area contributed by atoms with Gasteiger partial charge in [-0.25, -0.2) is 8.42 Å². The van der Waals surface area contributed by atoms with Crippen LogP contribution in [-0.2, 0) is 14.9 Å². The Labute approximate surface area is 121 Å². The summed E-state index contributed by atoms with van der Waals surface area (Å²) in [5.41, 5.74) is 0. The average Bonchev–Trinajstić information content (AvgIpc) is 2.03. The van der Waals surface area contributed by atoms with Crippen molar-refractivity contribution in [2.24, 2.45) is 0 Å². The molecule has 0 amide bonds. The summed E-state index contributed by atoms with van der Waals surface area (Å²) in [5.74, 6) is 0. The molecule has 0 radical (unpaired) electrons. The Balaban J connectivity index is 0.00000144. The van der Waals surface area contributed by atoms with Crippen LogP contribution in [0.1, 0.15) is 6.92 Å². The molecule has 1 unspecified atom stereocenters. The molecule has 0 N–H and O–H groups in total. The van der Waals surface area contributed by atoms with Gasteiger partial charge in [-0.05, 0) is 6.92 Å². The van der Waals surface area contributed by atoms with E-state index in [1.807, 2.05) is 0 Å². The van der Waals surface area contributed by atoms with Gasteiger partial charge in [-0.2, -0.15) is 0 Å². The van der Waals surface area contributed by atoms with E-state index in [-0.39, 0.29) is 51.4 Å². The van der Waals surface area contributed by atoms with Gasteiger partial charge in [0, 0.05) is 13.1 Å². The van der Waals surface area contributed by atoms with Crippen LogP contribution in [0, 0.1) is 0 Å². The average molecular weight is 233 g/mol. The first-order valence-electron chi connectivity index (χ1n) is 3.78. The molecule has 0 aromatic carbocycles. The standard InChI is InChI=1S/C6H13NO4S.K/c1-6(12(8,9)10)7-2-4-11-5-3-7;/h6H,2-5H2,1H3,(H,8,9,10);/q;+1/p-1. The van der Waals surface area contributed by atoms with E-state index >= 15 is 0 Å². The third kappa shape index (κ3) is 4.67. The monoisotopic (exact) mass is 233 g/mol. The number of nitrogens with zero attached hydrogens (tertiary/aromatic N) is 1. The summed E-state index contributed by atoms with van der Waals surface area (Å²) in [4.78, 5) is 1.62. The van der Waals surface area contributed by atoms with Crippen molar-refractivity contribution in [2.45, 2.75) is 12.3 Å². The Hall–Kier alpha value is 1.47. The van der Waals surface area contributed by atoms with Crippen molar-refractivity contribution in [3.05, 3.63) is 0 Å². The summed E-state index contributed by atoms with van der Waals surface area (Å²) in [6.45, 7) is 3.44. The molecule has 1 heterocycles. The van der Waals surface area contributed by atoms with Gasteiger partial charge in [0.05, 0.1) is 18.6 Å². The van der Waals surface area contributed by atoms with Crippen molar-refractivity contribution in [3.63, 3.8) is 0 Å². The Morgan fingerprint density at radius 3 is 2.23 bits per heavy atom. The summed E-state index contributed by atoms with van der Waals surface area (Å²) >= 11 is 0. The van der Waals surface area contributed by atoms with E-state index < -0.39 is 15.5 Å². The quantitative estimate of drug-likeness (QED) is 0.361. The fourth-order valence-electron chi connectivity index (χ4n) is 1.12. The third-order valence-electron chi connectivity index (χ3n) is 1.98. The second-order valence-corrected chi connectivity index (χ2v) is 4.41. The van der Waals surface area contributed by atoms with Crippen molar-refractivity contribution in [1.82, 2.24) is 4.90 Å². The summed E-state index contributed by atoms with van der Waals surface area (Å²) in [7, 11) is -4.18. The van der Waals surface area contributed by atoms with Gasteiger partial charge in [-0.15, -0.1) is 0 Å². The molecule has 0 aromatic rings. The zero-order valence-corrected chi connectivity index (χ0v) is 11.8. The largest absolute Gasteiger partial charge is 1.00 e. The zero-order valence-electron chi connectivity index (χ0n) is 7.89. The maximum absolute atomic E-state index is 10.6. The predicted octanol–water partition coefficient (Wildman–Crippen LogP) is -3.79. The first kappa shape index (κ1) is 14.5. The molecule has 1 aliphatic heterocycles. The molecule has 72 valence electrons. The van der Waals surface area contributed by atoms with Crippen LogP contribution in [0.3, 0.4) is 0 Å². The minimum absolute atomic E-state index is 0. The van der Waals surface area contributed by atoms with E-state index in [1.54, 1.807) is 4.90 Å². The summed E-state index contributed by atoms with van der Waals surface area (Å²) in [5, 5.41) is -0.929. The molecule has 1 saturated heterocycles. The molecule has 0 saturated carbocycles. The summed E-state index contributed by atoms with van der Waals surface area (Å²) in [6, 6.07) is 0. The van der Waals surface area contributed by atoms with Crippen LogP contribution in [0.5, 0.6) is 0 Å². The van der Waals surface area contributed by atoms with Gasteiger partial charge in [0.1, 0.15) is 10.1 Å². The Kier molecular flexibility index (Phi) is 6.83. The molecule has 7 heteroatoms. The van der Waals surface area contributed by atoms with Crippen molar-refractivity contribution < 1.29 is 69.1 Å². The number of hydrogen-bond donors (Lipinski definition) is 0. The molecule has 5 nitrogen and oxygen atoms in total. The fraction of sp³-hybridized carbons (Fsp3) is 1.00. The smallest absolute Gasteiger partial charge is 0.747 e. The normalized spacial score (nSPS) is 22.0. The topological polar surface area (TPSA) is 69.7 Å². The minimum Gasteiger partial charge on any atom is -0.747 e. The predicted molar refractivity (Wildman–Crippen MR) is 41.6 cm³/mol. The van der Waals surface area contributed by atoms with Crippen LogP contribution in [0.25, 0.3) is 0 Å². The first-order valence-corrected chi connectivity index (χ1v) is 5.25. The van der Waals surface area contributed by atoms with Gasteiger partial charge >= 0.3 is 51.4 Å². The van der Waals surface area contributed by atoms with Crippen LogP contribution in [0.15, 0.2) is 0 Å². The van der Waals surface area contributed by atoms with Gasteiger partial charge in [0.15, 0.2) is 0 Å². The van der Waals surface area contributed by atoms with Crippen molar-refractivity contribution >= 4 is 10.1 Å². The van der Waals surface area contributed by atoms with Gasteiger partial charge in [-0.3, -0.25) is 4.90 Å². The number of hydrogen-bond acceptors (Lipinski definition) is 5. The van der Waals surface area contributed by atoms with Crippen LogP contribution < -0.4 is 51.4 Å². The summed E-state index contributed by atoms with van der Waals surface area (Å²) in [6.07, 6.45) is 0. The second-order valence-electron chi connectivity index (χ2n) is 2.74. The molecule has 0 bridgehead atoms. The summed E-state index contributed by atoms with van der Waals surface area (Å²) < 4.78 is 36.8. The SMILES string of the molecule is CC(N1CCOCC1)S(=O)(=O)[O-].[K+]. The van der Waals surface area contributed by atoms with Crippen LogP contribution in [0.4, 0.5) is 0 Å². The van der Waals surface area contributed by atoms with Gasteiger partial charge in [0.25, 0.3) is 0 Å². The van der Waals surface area contributed by atoms with E-state index in [9.17, 15) is 13.0 Å². The van der Waals surface area contributed by atoms with E-state index in [0.29, 0.717) is 26.3 Å². The second kappa shape index (κ2) is 6.14. The number of rotatable bonds is 2. The van der Waals surface area contributed by atoms with E-state index in [4.69, 9.17) is 4.74 Å². The fourth-order valence-corrected chi connectivity index (χ4v) is 1.70. The first-order chi connectivity index (χ1) is 5.52. The molecule has 13 heavy (non-hydrogen) atoms. The molecule has 1 fully saturated rings. The van der Waals surface area contributed by atoms with Crippen LogP contribution in [0.2, 0.25) is 0 Å². The Morgan fingerprint density at radius 1 is 1.38 bits per heavy atom. The Bertz CT molecular complexity index is 237. The maximum atomic E-state index is 10.6. The van der Waals surface area contributed by atoms with E-state index in [1.165, 1.54) is 6.92 Å². The molecule has 1 atom stereocenters. The third-order valence-corrected chi connectivity index (χ3v) is 3.11. The molecule has 0 aromatic heterocycles. The molecule has 1 rings (SSSR count). The van der Waals surface area contributed by atoms with Crippen LogP contribution in [-0.4, -0.2) is 49.5 Å². The molecule has 0 spiro atoms. The van der Waals surface area contributed by atoms with Crippen molar-refractivity contribution in [2.75, 3.05) is 26.3 Å². The van der Waals surface area contributed by atoms with Crippen molar-refractivity contribution in [1.29, 1.82) is 0 Å². The van der Waals surface area contributed by atoms with Crippen molar-refractivity contribution in [3.8, 4) is 0 Å². The van der Waals surface area contributed by atoms with Gasteiger partial charge in [0.2, 0.25) is 0 Å². The Morgan fingerprint density at radius 2 is 1.85 bits per heavy atom. The maximum Gasteiger partial charge on any atom is 1.00 e. The zero-order chi connectivity index (χ0) is 9.19. The van der Waals surface area contributed by atoms with Gasteiger partial charge in [-0.1, -0.05) is 0 Å². The molecular formula is C6H12KNO4S. The van der Waals surface area contributed by atoms with Crippen LogP contribution >= 0.6 is 0 Å². The van der Waals surface area contributed by atoms with E-state index in [2.05, 4.69) is 0 Å². The van der Waals surface area contributed by atoms with Gasteiger partial charge < -0.3 is 9.29 Å². The molecule has 0 aliphatic carbocycles. The number of ether oxygens (including phenoxy) is 1. The minimum atomic E-state index is -4.18.